The van der Waals surface area contributed by atoms with Crippen LogP contribution in [0.25, 0.3) is 0 Å². The number of hydrogen-bond acceptors (Lipinski definition) is 3. The molecular weight excluding hydrogens is 274 g/mol. The number of hydrogen-bond donors (Lipinski definition) is 1. The lowest BCUT2D eigenvalue weighted by Gasteiger charge is -2.17. The van der Waals surface area contributed by atoms with Crippen LogP contribution in [0, 0.1) is 0 Å². The predicted molar refractivity (Wildman–Crippen MR) is 77.2 cm³/mol. The average Bonchev–Trinajstić information content (AvgIpc) is 3.05. The molecule has 1 aromatic carbocycles. The molecule has 0 aliphatic carbocycles. The highest BCUT2D eigenvalue weighted by Gasteiger charge is 2.36. The highest BCUT2D eigenvalue weighted by atomic mass is 32.1. The van der Waals surface area contributed by atoms with Crippen LogP contribution >= 0.6 is 11.3 Å². The summed E-state index contributed by atoms with van der Waals surface area (Å²) in [5.41, 5.74) is 1.45. The van der Waals surface area contributed by atoms with Gasteiger partial charge in [0.25, 0.3) is 0 Å². The Balaban J connectivity index is 1.88. The summed E-state index contributed by atoms with van der Waals surface area (Å²) < 4.78 is 0. The summed E-state index contributed by atoms with van der Waals surface area (Å²) in [6.07, 6.45) is 0.318. The molecule has 1 amide bonds. The fourth-order valence-electron chi connectivity index (χ4n) is 2.51. The summed E-state index contributed by atoms with van der Waals surface area (Å²) in [6, 6.07) is 11.1. The molecule has 0 radical (unpaired) electrons. The predicted octanol–water partition coefficient (Wildman–Crippen LogP) is 2.51. The molecule has 1 aliphatic heterocycles. The van der Waals surface area contributed by atoms with Crippen molar-refractivity contribution >= 4 is 28.9 Å². The zero-order valence-corrected chi connectivity index (χ0v) is 11.5. The molecule has 3 rings (SSSR count). The lowest BCUT2D eigenvalue weighted by Crippen LogP contribution is -2.32. The summed E-state index contributed by atoms with van der Waals surface area (Å²) in [4.78, 5) is 26.3. The summed E-state index contributed by atoms with van der Waals surface area (Å²) >= 11 is 1.53. The zero-order chi connectivity index (χ0) is 14.1. The molecule has 0 spiro atoms. The van der Waals surface area contributed by atoms with Crippen molar-refractivity contribution in [3.05, 3.63) is 52.2 Å². The van der Waals surface area contributed by atoms with Crippen LogP contribution in [0.3, 0.4) is 0 Å². The molecule has 0 saturated heterocycles. The molecule has 1 aromatic heterocycles. The van der Waals surface area contributed by atoms with E-state index in [1.165, 1.54) is 11.3 Å². The average molecular weight is 287 g/mol. The van der Waals surface area contributed by atoms with E-state index in [1.807, 2.05) is 35.7 Å². The van der Waals surface area contributed by atoms with Gasteiger partial charge in [0, 0.05) is 17.1 Å². The SMILES string of the molecule is O=C(O)[C@H]1CN(C(=O)Cc2cccs2)c2ccccc21. The van der Waals surface area contributed by atoms with Gasteiger partial charge in [-0.2, -0.15) is 0 Å². The third-order valence-electron chi connectivity index (χ3n) is 3.47. The Kier molecular flexibility index (Phi) is 3.28. The minimum atomic E-state index is -0.885. The van der Waals surface area contributed by atoms with Crippen molar-refractivity contribution in [3.63, 3.8) is 0 Å². The third kappa shape index (κ3) is 2.20. The molecule has 1 atom stereocenters. The van der Waals surface area contributed by atoms with Crippen molar-refractivity contribution < 1.29 is 14.7 Å². The second-order valence-electron chi connectivity index (χ2n) is 4.71. The highest BCUT2D eigenvalue weighted by Crippen LogP contribution is 2.36. The fourth-order valence-corrected chi connectivity index (χ4v) is 3.21. The standard InChI is InChI=1S/C15H13NO3S/c17-14(8-10-4-3-7-20-10)16-9-12(15(18)19)11-5-1-2-6-13(11)16/h1-7,12H,8-9H2,(H,18,19)/t12-/m0/s1. The molecule has 4 nitrogen and oxygen atoms in total. The lowest BCUT2D eigenvalue weighted by atomic mass is 10.0. The molecule has 5 heteroatoms. The first-order chi connectivity index (χ1) is 9.66. The fraction of sp³-hybridized carbons (Fsp3) is 0.200. The van der Waals surface area contributed by atoms with Crippen LogP contribution in [0.15, 0.2) is 41.8 Å². The minimum Gasteiger partial charge on any atom is -0.481 e. The maximum atomic E-state index is 12.4. The topological polar surface area (TPSA) is 57.6 Å². The van der Waals surface area contributed by atoms with E-state index in [0.29, 0.717) is 6.42 Å². The molecular formula is C15H13NO3S. The minimum absolute atomic E-state index is 0.0522. The molecule has 0 fully saturated rings. The molecule has 0 unspecified atom stereocenters. The van der Waals surface area contributed by atoms with E-state index in [1.54, 1.807) is 11.0 Å². The van der Waals surface area contributed by atoms with Crippen LogP contribution in [0.2, 0.25) is 0 Å². The third-order valence-corrected chi connectivity index (χ3v) is 4.35. The van der Waals surface area contributed by atoms with E-state index in [4.69, 9.17) is 0 Å². The molecule has 1 N–H and O–H groups in total. The van der Waals surface area contributed by atoms with Crippen LogP contribution in [0.4, 0.5) is 5.69 Å². The Morgan fingerprint density at radius 1 is 1.25 bits per heavy atom. The Bertz CT molecular complexity index is 651. The van der Waals surface area contributed by atoms with Gasteiger partial charge in [0.1, 0.15) is 5.92 Å². The number of thiophene rings is 1. The van der Waals surface area contributed by atoms with Crippen molar-refractivity contribution in [1.29, 1.82) is 0 Å². The van der Waals surface area contributed by atoms with Gasteiger partial charge in [-0.15, -0.1) is 11.3 Å². The summed E-state index contributed by atoms with van der Waals surface area (Å²) in [5, 5.41) is 11.2. The van der Waals surface area contributed by atoms with E-state index in [0.717, 1.165) is 16.1 Å². The van der Waals surface area contributed by atoms with Crippen molar-refractivity contribution in [1.82, 2.24) is 0 Å². The first kappa shape index (κ1) is 12.9. The number of benzene rings is 1. The number of nitrogens with zero attached hydrogens (tertiary/aromatic N) is 1. The number of para-hydroxylation sites is 1. The number of rotatable bonds is 3. The summed E-state index contributed by atoms with van der Waals surface area (Å²) in [7, 11) is 0. The molecule has 0 bridgehead atoms. The molecule has 1 aliphatic rings. The van der Waals surface area contributed by atoms with Crippen molar-refractivity contribution in [3.8, 4) is 0 Å². The molecule has 0 saturated carbocycles. The lowest BCUT2D eigenvalue weighted by molar-refractivity contribution is -0.138. The second-order valence-corrected chi connectivity index (χ2v) is 5.74. The first-order valence-corrected chi connectivity index (χ1v) is 7.19. The van der Waals surface area contributed by atoms with Crippen molar-refractivity contribution in [2.75, 3.05) is 11.4 Å². The Morgan fingerprint density at radius 3 is 2.75 bits per heavy atom. The smallest absolute Gasteiger partial charge is 0.312 e. The van der Waals surface area contributed by atoms with Gasteiger partial charge in [-0.1, -0.05) is 24.3 Å². The number of anilines is 1. The van der Waals surface area contributed by atoms with Gasteiger partial charge in [0.15, 0.2) is 0 Å². The van der Waals surface area contributed by atoms with Crippen LogP contribution in [-0.2, 0) is 16.0 Å². The van der Waals surface area contributed by atoms with Crippen molar-refractivity contribution in [2.45, 2.75) is 12.3 Å². The summed E-state index contributed by atoms with van der Waals surface area (Å²) in [5.74, 6) is -1.56. The summed E-state index contributed by atoms with van der Waals surface area (Å²) in [6.45, 7) is 0.221. The largest absolute Gasteiger partial charge is 0.481 e. The van der Waals surface area contributed by atoms with Gasteiger partial charge >= 0.3 is 5.97 Å². The number of carbonyl (C=O) groups is 2. The van der Waals surface area contributed by atoms with Gasteiger partial charge < -0.3 is 10.0 Å². The van der Waals surface area contributed by atoms with Crippen molar-refractivity contribution in [2.24, 2.45) is 0 Å². The van der Waals surface area contributed by atoms with E-state index >= 15 is 0 Å². The number of carbonyl (C=O) groups excluding carboxylic acids is 1. The van der Waals surface area contributed by atoms with Crippen LogP contribution < -0.4 is 4.90 Å². The number of carboxylic acid groups (broad SMARTS) is 1. The van der Waals surface area contributed by atoms with Gasteiger partial charge in [-0.05, 0) is 23.1 Å². The highest BCUT2D eigenvalue weighted by molar-refractivity contribution is 7.10. The van der Waals surface area contributed by atoms with E-state index in [-0.39, 0.29) is 12.5 Å². The maximum Gasteiger partial charge on any atom is 0.312 e. The molecule has 102 valence electrons. The monoisotopic (exact) mass is 287 g/mol. The first-order valence-electron chi connectivity index (χ1n) is 6.31. The van der Waals surface area contributed by atoms with Gasteiger partial charge in [0.2, 0.25) is 5.91 Å². The van der Waals surface area contributed by atoms with E-state index in [9.17, 15) is 14.7 Å². The number of aliphatic carboxylic acids is 1. The van der Waals surface area contributed by atoms with Gasteiger partial charge in [-0.25, -0.2) is 0 Å². The Morgan fingerprint density at radius 2 is 2.05 bits per heavy atom. The molecule has 2 heterocycles. The Hall–Kier alpha value is -2.14. The molecule has 20 heavy (non-hydrogen) atoms. The number of amides is 1. The van der Waals surface area contributed by atoms with Crippen LogP contribution in [-0.4, -0.2) is 23.5 Å². The second kappa shape index (κ2) is 5.09. The normalized spacial score (nSPS) is 17.0. The Labute approximate surface area is 120 Å². The number of fused-ring (bicyclic) bond motifs is 1. The van der Waals surface area contributed by atoms with Gasteiger partial charge in [-0.3, -0.25) is 9.59 Å². The maximum absolute atomic E-state index is 12.4. The van der Waals surface area contributed by atoms with E-state index < -0.39 is 11.9 Å². The van der Waals surface area contributed by atoms with E-state index in [2.05, 4.69) is 0 Å². The zero-order valence-electron chi connectivity index (χ0n) is 10.7. The van der Waals surface area contributed by atoms with Crippen LogP contribution in [0.5, 0.6) is 0 Å². The number of carboxylic acids is 1. The molecule has 2 aromatic rings. The van der Waals surface area contributed by atoms with Gasteiger partial charge in [0.05, 0.1) is 6.42 Å². The van der Waals surface area contributed by atoms with Crippen LogP contribution in [0.1, 0.15) is 16.4 Å². The quantitative estimate of drug-likeness (QED) is 0.943.